The molecule has 1 aliphatic rings. The van der Waals surface area contributed by atoms with Crippen LogP contribution in [0.5, 0.6) is 0 Å². The minimum atomic E-state index is -0.237. The molecule has 1 heterocycles. The predicted molar refractivity (Wildman–Crippen MR) is 81.3 cm³/mol. The van der Waals surface area contributed by atoms with Crippen LogP contribution in [0.4, 0.5) is 5.69 Å². The lowest BCUT2D eigenvalue weighted by atomic mass is 9.96. The van der Waals surface area contributed by atoms with Crippen molar-refractivity contribution in [2.24, 2.45) is 17.4 Å². The van der Waals surface area contributed by atoms with Crippen molar-refractivity contribution < 1.29 is 9.59 Å². The normalized spacial score (nSPS) is 16.6. The number of hydrogen-bond donors (Lipinski definition) is 3. The summed E-state index contributed by atoms with van der Waals surface area (Å²) >= 11 is 0. The highest BCUT2D eigenvalue weighted by Gasteiger charge is 2.24. The van der Waals surface area contributed by atoms with Gasteiger partial charge >= 0.3 is 0 Å². The topological polar surface area (TPSA) is 101 Å². The SMILES string of the molecule is NCc1ccc(NC(=O)CN2CCC(C(N)=O)CC2)cc1. The number of benzene rings is 1. The highest BCUT2D eigenvalue weighted by atomic mass is 16.2. The average Bonchev–Trinajstić information content (AvgIpc) is 2.48. The van der Waals surface area contributed by atoms with Crippen LogP contribution in [0.3, 0.4) is 0 Å². The van der Waals surface area contributed by atoms with Gasteiger partial charge in [0, 0.05) is 18.2 Å². The number of nitrogens with one attached hydrogen (secondary N) is 1. The maximum atomic E-state index is 12.0. The van der Waals surface area contributed by atoms with Gasteiger partial charge < -0.3 is 16.8 Å². The Morgan fingerprint density at radius 1 is 1.19 bits per heavy atom. The molecule has 0 aliphatic carbocycles. The van der Waals surface area contributed by atoms with Crippen LogP contribution in [0.15, 0.2) is 24.3 Å². The van der Waals surface area contributed by atoms with E-state index >= 15 is 0 Å². The number of likely N-dealkylation sites (tertiary alicyclic amines) is 1. The summed E-state index contributed by atoms with van der Waals surface area (Å²) in [6.45, 7) is 2.29. The van der Waals surface area contributed by atoms with Gasteiger partial charge in [0.15, 0.2) is 0 Å². The summed E-state index contributed by atoms with van der Waals surface area (Å²) in [5.74, 6) is -0.333. The van der Waals surface area contributed by atoms with E-state index in [2.05, 4.69) is 5.32 Å². The van der Waals surface area contributed by atoms with Gasteiger partial charge in [-0.2, -0.15) is 0 Å². The maximum absolute atomic E-state index is 12.0. The minimum Gasteiger partial charge on any atom is -0.369 e. The molecule has 1 fully saturated rings. The van der Waals surface area contributed by atoms with Gasteiger partial charge in [-0.1, -0.05) is 12.1 Å². The zero-order valence-electron chi connectivity index (χ0n) is 12.0. The lowest BCUT2D eigenvalue weighted by Gasteiger charge is -2.29. The molecule has 0 bridgehead atoms. The number of rotatable bonds is 5. The summed E-state index contributed by atoms with van der Waals surface area (Å²) in [5.41, 5.74) is 12.6. The van der Waals surface area contributed by atoms with E-state index in [-0.39, 0.29) is 17.7 Å². The van der Waals surface area contributed by atoms with E-state index in [0.29, 0.717) is 13.1 Å². The maximum Gasteiger partial charge on any atom is 0.238 e. The van der Waals surface area contributed by atoms with Gasteiger partial charge in [0.25, 0.3) is 0 Å². The molecule has 6 heteroatoms. The standard InChI is InChI=1S/C15H22N4O2/c16-9-11-1-3-13(4-2-11)18-14(20)10-19-7-5-12(6-8-19)15(17)21/h1-4,12H,5-10,16H2,(H2,17,21)(H,18,20). The predicted octanol–water partition coefficient (Wildman–Crippen LogP) is 0.281. The Kier molecular flexibility index (Phi) is 5.30. The molecule has 0 spiro atoms. The van der Waals surface area contributed by atoms with Crippen molar-refractivity contribution >= 4 is 17.5 Å². The number of nitrogens with zero attached hydrogens (tertiary/aromatic N) is 1. The molecule has 21 heavy (non-hydrogen) atoms. The number of primary amides is 1. The zero-order valence-corrected chi connectivity index (χ0v) is 12.0. The highest BCUT2D eigenvalue weighted by Crippen LogP contribution is 2.16. The molecule has 2 rings (SSSR count). The van der Waals surface area contributed by atoms with Crippen LogP contribution in [-0.2, 0) is 16.1 Å². The number of carbonyl (C=O) groups is 2. The Morgan fingerprint density at radius 3 is 2.33 bits per heavy atom. The van der Waals surface area contributed by atoms with Crippen molar-refractivity contribution in [3.05, 3.63) is 29.8 Å². The zero-order chi connectivity index (χ0) is 15.2. The lowest BCUT2D eigenvalue weighted by Crippen LogP contribution is -2.42. The van der Waals surface area contributed by atoms with E-state index in [0.717, 1.165) is 37.2 Å². The number of anilines is 1. The Balaban J connectivity index is 1.78. The summed E-state index contributed by atoms with van der Waals surface area (Å²) in [7, 11) is 0. The van der Waals surface area contributed by atoms with Crippen LogP contribution in [0, 0.1) is 5.92 Å². The Bertz CT molecular complexity index is 493. The molecule has 114 valence electrons. The quantitative estimate of drug-likeness (QED) is 0.725. The molecule has 1 aliphatic heterocycles. The van der Waals surface area contributed by atoms with E-state index in [9.17, 15) is 9.59 Å². The van der Waals surface area contributed by atoms with E-state index in [1.165, 1.54) is 0 Å². The summed E-state index contributed by atoms with van der Waals surface area (Å²) in [6.07, 6.45) is 1.46. The largest absolute Gasteiger partial charge is 0.369 e. The second kappa shape index (κ2) is 7.19. The summed E-state index contributed by atoms with van der Waals surface area (Å²) < 4.78 is 0. The monoisotopic (exact) mass is 290 g/mol. The molecule has 0 aromatic heterocycles. The van der Waals surface area contributed by atoms with Crippen LogP contribution < -0.4 is 16.8 Å². The van der Waals surface area contributed by atoms with Gasteiger partial charge in [0.1, 0.15) is 0 Å². The molecule has 0 radical (unpaired) electrons. The van der Waals surface area contributed by atoms with Crippen molar-refractivity contribution in [3.63, 3.8) is 0 Å². The minimum absolute atomic E-state index is 0.0480. The van der Waals surface area contributed by atoms with Gasteiger partial charge in [-0.15, -0.1) is 0 Å². The van der Waals surface area contributed by atoms with E-state index in [1.54, 1.807) is 0 Å². The molecule has 6 nitrogen and oxygen atoms in total. The number of piperidine rings is 1. The third-order valence-corrected chi connectivity index (χ3v) is 3.83. The van der Waals surface area contributed by atoms with Crippen molar-refractivity contribution in [2.75, 3.05) is 25.0 Å². The first-order valence-corrected chi connectivity index (χ1v) is 7.19. The number of carbonyl (C=O) groups excluding carboxylic acids is 2. The molecule has 2 amide bonds. The second-order valence-corrected chi connectivity index (χ2v) is 5.40. The van der Waals surface area contributed by atoms with Crippen molar-refractivity contribution in [2.45, 2.75) is 19.4 Å². The van der Waals surface area contributed by atoms with Crippen LogP contribution in [0.1, 0.15) is 18.4 Å². The fraction of sp³-hybridized carbons (Fsp3) is 0.467. The first-order chi connectivity index (χ1) is 10.1. The first-order valence-electron chi connectivity index (χ1n) is 7.19. The Hall–Kier alpha value is -1.92. The summed E-state index contributed by atoms with van der Waals surface area (Å²) in [6, 6.07) is 7.49. The third kappa shape index (κ3) is 4.54. The van der Waals surface area contributed by atoms with E-state index in [4.69, 9.17) is 11.5 Å². The average molecular weight is 290 g/mol. The summed E-state index contributed by atoms with van der Waals surface area (Å²) in [5, 5.41) is 2.86. The molecule has 1 aromatic carbocycles. The van der Waals surface area contributed by atoms with Crippen molar-refractivity contribution in [3.8, 4) is 0 Å². The Morgan fingerprint density at radius 2 is 1.81 bits per heavy atom. The molecule has 0 atom stereocenters. The highest BCUT2D eigenvalue weighted by molar-refractivity contribution is 5.92. The molecule has 0 unspecified atom stereocenters. The molecular formula is C15H22N4O2. The van der Waals surface area contributed by atoms with Crippen molar-refractivity contribution in [1.82, 2.24) is 4.90 Å². The molecular weight excluding hydrogens is 268 g/mol. The van der Waals surface area contributed by atoms with Gasteiger partial charge in [0.05, 0.1) is 6.54 Å². The van der Waals surface area contributed by atoms with Crippen LogP contribution in [0.25, 0.3) is 0 Å². The van der Waals surface area contributed by atoms with E-state index < -0.39 is 0 Å². The van der Waals surface area contributed by atoms with Gasteiger partial charge in [-0.3, -0.25) is 14.5 Å². The first kappa shape index (κ1) is 15.5. The summed E-state index contributed by atoms with van der Waals surface area (Å²) in [4.78, 5) is 25.1. The van der Waals surface area contributed by atoms with E-state index in [1.807, 2.05) is 29.2 Å². The molecule has 5 N–H and O–H groups in total. The van der Waals surface area contributed by atoms with Crippen LogP contribution in [-0.4, -0.2) is 36.3 Å². The van der Waals surface area contributed by atoms with Crippen LogP contribution >= 0.6 is 0 Å². The lowest BCUT2D eigenvalue weighted by molar-refractivity contribution is -0.123. The smallest absolute Gasteiger partial charge is 0.238 e. The fourth-order valence-electron chi connectivity index (χ4n) is 2.50. The van der Waals surface area contributed by atoms with Gasteiger partial charge in [0.2, 0.25) is 11.8 Å². The Labute approximate surface area is 124 Å². The fourth-order valence-corrected chi connectivity index (χ4v) is 2.50. The second-order valence-electron chi connectivity index (χ2n) is 5.40. The van der Waals surface area contributed by atoms with Gasteiger partial charge in [-0.05, 0) is 43.6 Å². The molecule has 1 aromatic rings. The molecule has 1 saturated heterocycles. The van der Waals surface area contributed by atoms with Crippen LogP contribution in [0.2, 0.25) is 0 Å². The molecule has 0 saturated carbocycles. The number of hydrogen-bond acceptors (Lipinski definition) is 4. The number of amides is 2. The third-order valence-electron chi connectivity index (χ3n) is 3.83. The van der Waals surface area contributed by atoms with Gasteiger partial charge in [-0.25, -0.2) is 0 Å². The number of nitrogens with two attached hydrogens (primary N) is 2. The van der Waals surface area contributed by atoms with Crippen molar-refractivity contribution in [1.29, 1.82) is 0 Å².